The molecule has 0 bridgehead atoms. The topological polar surface area (TPSA) is 137 Å². The Bertz CT molecular complexity index is 1170. The van der Waals surface area contributed by atoms with Gasteiger partial charge in [-0.05, 0) is 24.3 Å². The van der Waals surface area contributed by atoms with Gasteiger partial charge in [-0.2, -0.15) is 15.4 Å². The molecular weight excluding hydrogens is 429 g/mol. The molecule has 12 heteroatoms. The van der Waals surface area contributed by atoms with Gasteiger partial charge in [0.25, 0.3) is 0 Å². The lowest BCUT2D eigenvalue weighted by atomic mass is 10.0. The Morgan fingerprint density at radius 3 is 2.16 bits per heavy atom. The van der Waals surface area contributed by atoms with Crippen molar-refractivity contribution in [1.82, 2.24) is 15.4 Å². The molecule has 2 heterocycles. The molecule has 4 rings (SSSR count). The number of methoxy groups -OCH3 is 3. The summed E-state index contributed by atoms with van der Waals surface area (Å²) in [5.74, 6) is 1.87. The van der Waals surface area contributed by atoms with Gasteiger partial charge in [-0.1, -0.05) is 0 Å². The van der Waals surface area contributed by atoms with Crippen LogP contribution in [0.5, 0.6) is 34.5 Å². The molecule has 0 saturated heterocycles. The van der Waals surface area contributed by atoms with E-state index in [-0.39, 0.29) is 24.0 Å². The van der Waals surface area contributed by atoms with Crippen molar-refractivity contribution in [2.24, 2.45) is 0 Å². The number of aromatic amines is 1. The van der Waals surface area contributed by atoms with Crippen molar-refractivity contribution in [2.45, 2.75) is 0 Å². The highest BCUT2D eigenvalue weighted by molar-refractivity contribution is 7.50. The Balaban J connectivity index is 1.86. The van der Waals surface area contributed by atoms with Gasteiger partial charge in [0.05, 0.1) is 21.3 Å². The summed E-state index contributed by atoms with van der Waals surface area (Å²) in [6.07, 6.45) is 0. The first-order valence-corrected chi connectivity index (χ1v) is 11.0. The number of rotatable bonds is 7. The van der Waals surface area contributed by atoms with E-state index in [0.29, 0.717) is 39.8 Å². The van der Waals surface area contributed by atoms with Crippen LogP contribution in [-0.4, -0.2) is 50.2 Å². The van der Waals surface area contributed by atoms with E-state index in [1.54, 1.807) is 18.2 Å². The number of nitrogens with one attached hydrogen (secondary N) is 1. The maximum absolute atomic E-state index is 11.8. The zero-order valence-electron chi connectivity index (χ0n) is 17.1. The number of hydrogen-bond acceptors (Lipinski definition) is 10. The third-order valence-electron chi connectivity index (χ3n) is 4.46. The van der Waals surface area contributed by atoms with Gasteiger partial charge in [-0.3, -0.25) is 4.57 Å². The lowest BCUT2D eigenvalue weighted by molar-refractivity contribution is -0.189. The minimum absolute atomic E-state index is 0.0325. The molecule has 0 fully saturated rings. The SMILES string of the molecule is COc1cc(-c2n[nH]nc2-c2cc(OC)c3c(c2)OCO3)cc(OP(C)(=O)[O-])c1OC. The second-order valence-corrected chi connectivity index (χ2v) is 8.23. The summed E-state index contributed by atoms with van der Waals surface area (Å²) >= 11 is 0. The molecule has 164 valence electrons. The van der Waals surface area contributed by atoms with Gasteiger partial charge >= 0.3 is 0 Å². The molecule has 0 radical (unpaired) electrons. The third-order valence-corrected chi connectivity index (χ3v) is 4.99. The fourth-order valence-corrected chi connectivity index (χ4v) is 3.71. The number of ether oxygens (including phenoxy) is 5. The Morgan fingerprint density at radius 1 is 0.935 bits per heavy atom. The molecule has 2 aromatic carbocycles. The van der Waals surface area contributed by atoms with Crippen molar-refractivity contribution in [1.29, 1.82) is 0 Å². The van der Waals surface area contributed by atoms with Crippen molar-refractivity contribution < 1.29 is 37.7 Å². The van der Waals surface area contributed by atoms with Crippen LogP contribution < -0.4 is 33.1 Å². The smallest absolute Gasteiger partial charge is 0.231 e. The highest BCUT2D eigenvalue weighted by atomic mass is 31.2. The van der Waals surface area contributed by atoms with Crippen LogP contribution in [0.15, 0.2) is 24.3 Å². The van der Waals surface area contributed by atoms with Crippen molar-refractivity contribution in [3.8, 4) is 57.0 Å². The van der Waals surface area contributed by atoms with E-state index in [1.165, 1.54) is 27.4 Å². The summed E-state index contributed by atoms with van der Waals surface area (Å²) in [5.41, 5.74) is 2.02. The fraction of sp³-hybridized carbons (Fsp3) is 0.263. The molecular formula is C19H19N3O8P-. The van der Waals surface area contributed by atoms with Crippen molar-refractivity contribution >= 4 is 7.60 Å². The number of hydrogen-bond donors (Lipinski definition) is 1. The molecule has 1 aliphatic heterocycles. The van der Waals surface area contributed by atoms with Crippen molar-refractivity contribution in [2.75, 3.05) is 34.8 Å². The molecule has 31 heavy (non-hydrogen) atoms. The molecule has 1 N–H and O–H groups in total. The van der Waals surface area contributed by atoms with Crippen LogP contribution in [0.25, 0.3) is 22.5 Å². The zero-order valence-corrected chi connectivity index (χ0v) is 18.0. The molecule has 1 unspecified atom stereocenters. The summed E-state index contributed by atoms with van der Waals surface area (Å²) < 4.78 is 43.8. The Labute approximate surface area is 177 Å². The second kappa shape index (κ2) is 8.01. The van der Waals surface area contributed by atoms with Gasteiger partial charge in [-0.25, -0.2) is 0 Å². The van der Waals surface area contributed by atoms with Crippen LogP contribution >= 0.6 is 7.60 Å². The Kier molecular flexibility index (Phi) is 5.38. The number of aromatic nitrogens is 3. The molecule has 11 nitrogen and oxygen atoms in total. The highest BCUT2D eigenvalue weighted by Gasteiger charge is 2.25. The summed E-state index contributed by atoms with van der Waals surface area (Å²) in [6.45, 7) is 1.05. The predicted molar refractivity (Wildman–Crippen MR) is 107 cm³/mol. The number of benzene rings is 2. The summed E-state index contributed by atoms with van der Waals surface area (Å²) in [4.78, 5) is 11.8. The van der Waals surface area contributed by atoms with E-state index >= 15 is 0 Å². The number of H-pyrrole nitrogens is 1. The van der Waals surface area contributed by atoms with E-state index in [1.807, 2.05) is 0 Å². The van der Waals surface area contributed by atoms with E-state index in [0.717, 1.165) is 6.66 Å². The summed E-state index contributed by atoms with van der Waals surface area (Å²) in [5, 5.41) is 11.1. The molecule has 1 aromatic heterocycles. The average Bonchev–Trinajstić information content (AvgIpc) is 3.40. The van der Waals surface area contributed by atoms with E-state index in [9.17, 15) is 9.46 Å². The van der Waals surface area contributed by atoms with Crippen LogP contribution in [0.4, 0.5) is 0 Å². The van der Waals surface area contributed by atoms with Crippen LogP contribution in [0, 0.1) is 0 Å². The first-order valence-electron chi connectivity index (χ1n) is 8.98. The molecule has 1 aliphatic rings. The minimum Gasteiger partial charge on any atom is -0.769 e. The lowest BCUT2D eigenvalue weighted by Gasteiger charge is -2.22. The number of fused-ring (bicyclic) bond motifs is 1. The van der Waals surface area contributed by atoms with Gasteiger partial charge in [0.2, 0.25) is 18.3 Å². The Hall–Kier alpha value is -3.43. The van der Waals surface area contributed by atoms with Crippen LogP contribution in [0.1, 0.15) is 0 Å². The zero-order chi connectivity index (χ0) is 22.2. The molecule has 0 saturated carbocycles. The quantitative estimate of drug-likeness (QED) is 0.537. The molecule has 0 amide bonds. The summed E-state index contributed by atoms with van der Waals surface area (Å²) in [7, 11) is 0.218. The third kappa shape index (κ3) is 3.97. The van der Waals surface area contributed by atoms with Gasteiger partial charge in [-0.15, -0.1) is 0 Å². The van der Waals surface area contributed by atoms with E-state index < -0.39 is 7.60 Å². The van der Waals surface area contributed by atoms with Gasteiger partial charge in [0.15, 0.2) is 30.6 Å². The van der Waals surface area contributed by atoms with Crippen molar-refractivity contribution in [3.05, 3.63) is 24.3 Å². The highest BCUT2D eigenvalue weighted by Crippen LogP contribution is 2.48. The monoisotopic (exact) mass is 448 g/mol. The first kappa shape index (κ1) is 20.8. The van der Waals surface area contributed by atoms with Crippen LogP contribution in [0.3, 0.4) is 0 Å². The second-order valence-electron chi connectivity index (χ2n) is 6.51. The van der Waals surface area contributed by atoms with E-state index in [4.69, 9.17) is 28.2 Å². The van der Waals surface area contributed by atoms with Crippen LogP contribution in [0.2, 0.25) is 0 Å². The molecule has 0 spiro atoms. The first-order chi connectivity index (χ1) is 14.8. The minimum atomic E-state index is -4.12. The maximum atomic E-state index is 11.8. The van der Waals surface area contributed by atoms with Gasteiger partial charge < -0.3 is 33.1 Å². The predicted octanol–water partition coefficient (Wildman–Crippen LogP) is 2.46. The van der Waals surface area contributed by atoms with Crippen molar-refractivity contribution in [3.63, 3.8) is 0 Å². The number of nitrogens with zero attached hydrogens (tertiary/aromatic N) is 2. The average molecular weight is 448 g/mol. The normalized spacial score (nSPS) is 14.1. The lowest BCUT2D eigenvalue weighted by Crippen LogP contribution is -2.06. The summed E-state index contributed by atoms with van der Waals surface area (Å²) in [6, 6.07) is 6.62. The Morgan fingerprint density at radius 2 is 1.55 bits per heavy atom. The fourth-order valence-electron chi connectivity index (χ4n) is 3.21. The maximum Gasteiger partial charge on any atom is 0.231 e. The van der Waals surface area contributed by atoms with Gasteiger partial charge in [0, 0.05) is 17.8 Å². The molecule has 0 aliphatic carbocycles. The molecule has 1 atom stereocenters. The standard InChI is InChI=1S/C19H20N3O8P/c1-25-12-5-11(8-15(18(12)27-3)30-31(4,23)24)17-16(20-22-21-17)10-6-13(26-2)19-14(7-10)28-9-29-19/h5-8H,9H2,1-4H3,(H,23,24)(H,20,21,22)/p-1. The molecule has 3 aromatic rings. The largest absolute Gasteiger partial charge is 0.769 e. The van der Waals surface area contributed by atoms with E-state index in [2.05, 4.69) is 15.4 Å². The van der Waals surface area contributed by atoms with Gasteiger partial charge in [0.1, 0.15) is 11.4 Å². The van der Waals surface area contributed by atoms with Crippen LogP contribution in [-0.2, 0) is 4.57 Å².